The smallest absolute Gasteiger partial charge is 0.341 e. The van der Waals surface area contributed by atoms with Gasteiger partial charge in [0.05, 0.1) is 0 Å². The van der Waals surface area contributed by atoms with E-state index in [4.69, 9.17) is 9.84 Å². The molecule has 0 saturated carbocycles. The Morgan fingerprint density at radius 2 is 2.00 bits per heavy atom. The average Bonchev–Trinajstić information content (AvgIpc) is 2.68. The number of carboxylic acid groups (broad SMARTS) is 1. The van der Waals surface area contributed by atoms with E-state index in [-0.39, 0.29) is 6.61 Å². The molecule has 3 rings (SSSR count). The number of ether oxygens (including phenoxy) is 1. The van der Waals surface area contributed by atoms with Crippen LogP contribution >= 0.6 is 0 Å². The van der Waals surface area contributed by atoms with Gasteiger partial charge in [0.2, 0.25) is 0 Å². The Hall–Kier alpha value is -2.47. The molecule has 0 spiro atoms. The van der Waals surface area contributed by atoms with Crippen LogP contribution in [0.25, 0.3) is 0 Å². The fraction of sp³-hybridized carbons (Fsp3) is 0.409. The van der Waals surface area contributed by atoms with Crippen molar-refractivity contribution in [3.8, 4) is 5.75 Å². The summed E-state index contributed by atoms with van der Waals surface area (Å²) < 4.78 is 31.7. The second-order valence-electron chi connectivity index (χ2n) is 7.36. The Balaban J connectivity index is 1.51. The minimum absolute atomic E-state index is 0.348. The maximum Gasteiger partial charge on any atom is 0.341 e. The lowest BCUT2D eigenvalue weighted by molar-refractivity contribution is -0.139. The zero-order valence-electron chi connectivity index (χ0n) is 15.7. The molecule has 0 radical (unpaired) electrons. The summed E-state index contributed by atoms with van der Waals surface area (Å²) in [6.07, 6.45) is 3.94. The Labute approximate surface area is 163 Å². The third-order valence-electron chi connectivity index (χ3n) is 5.10. The zero-order valence-corrected chi connectivity index (χ0v) is 15.7. The van der Waals surface area contributed by atoms with E-state index in [0.29, 0.717) is 11.7 Å². The molecule has 0 amide bonds. The molecule has 150 valence electrons. The quantitative estimate of drug-likeness (QED) is 0.732. The Morgan fingerprint density at radius 3 is 2.79 bits per heavy atom. The summed E-state index contributed by atoms with van der Waals surface area (Å²) in [5.74, 6) is -1.50. The van der Waals surface area contributed by atoms with Gasteiger partial charge < -0.3 is 9.84 Å². The molecule has 28 heavy (non-hydrogen) atoms. The molecule has 4 nitrogen and oxygen atoms in total. The van der Waals surface area contributed by atoms with Crippen molar-refractivity contribution >= 4 is 5.97 Å². The number of hydrogen-bond donors (Lipinski definition) is 1. The summed E-state index contributed by atoms with van der Waals surface area (Å²) in [5.41, 5.74) is 1.92. The summed E-state index contributed by atoms with van der Waals surface area (Å²) in [6, 6.07) is 11.7. The molecule has 1 heterocycles. The van der Waals surface area contributed by atoms with Gasteiger partial charge in [-0.15, -0.1) is 0 Å². The van der Waals surface area contributed by atoms with Gasteiger partial charge in [0.1, 0.15) is 5.75 Å². The first-order valence-electron chi connectivity index (χ1n) is 9.59. The molecule has 0 aliphatic carbocycles. The lowest BCUT2D eigenvalue weighted by Gasteiger charge is -2.33. The van der Waals surface area contributed by atoms with E-state index in [1.807, 2.05) is 18.2 Å². The first-order valence-corrected chi connectivity index (χ1v) is 9.59. The number of likely N-dealkylation sites (tertiary alicyclic amines) is 1. The minimum atomic E-state index is -0.995. The van der Waals surface area contributed by atoms with Crippen molar-refractivity contribution in [3.63, 3.8) is 0 Å². The molecule has 2 aromatic carbocycles. The molecular weight excluding hydrogens is 364 g/mol. The predicted octanol–water partition coefficient (Wildman–Crippen LogP) is 4.27. The number of hydrogen-bond acceptors (Lipinski definition) is 3. The lowest BCUT2D eigenvalue weighted by atomic mass is 9.91. The van der Waals surface area contributed by atoms with Crippen LogP contribution < -0.4 is 4.74 Å². The van der Waals surface area contributed by atoms with Gasteiger partial charge in [0.25, 0.3) is 0 Å². The average molecular weight is 389 g/mol. The lowest BCUT2D eigenvalue weighted by Crippen LogP contribution is -2.35. The second-order valence-corrected chi connectivity index (χ2v) is 7.36. The molecule has 2 aromatic rings. The van der Waals surface area contributed by atoms with Gasteiger partial charge in [0.15, 0.2) is 18.2 Å². The maximum absolute atomic E-state index is 13.4. The van der Waals surface area contributed by atoms with Crippen molar-refractivity contribution in [1.82, 2.24) is 4.90 Å². The SMILES string of the molecule is O=C(O)COc1cccc(CN2CCC[C@@H](CCc3ccc(F)c(F)c3)C2)c1. The van der Waals surface area contributed by atoms with Crippen molar-refractivity contribution in [2.24, 2.45) is 5.92 Å². The van der Waals surface area contributed by atoms with Gasteiger partial charge in [-0.2, -0.15) is 0 Å². The first-order chi connectivity index (χ1) is 13.5. The maximum atomic E-state index is 13.4. The highest BCUT2D eigenvalue weighted by Gasteiger charge is 2.20. The van der Waals surface area contributed by atoms with Crippen LogP contribution in [0.15, 0.2) is 42.5 Å². The summed E-state index contributed by atoms with van der Waals surface area (Å²) in [6.45, 7) is 2.41. The molecule has 0 bridgehead atoms. The number of aryl methyl sites for hydroxylation is 1. The Bertz CT molecular complexity index is 812. The predicted molar refractivity (Wildman–Crippen MR) is 102 cm³/mol. The van der Waals surface area contributed by atoms with Gasteiger partial charge in [-0.3, -0.25) is 4.90 Å². The number of halogens is 2. The van der Waals surface area contributed by atoms with Gasteiger partial charge in [-0.05, 0) is 73.5 Å². The van der Waals surface area contributed by atoms with E-state index in [1.54, 1.807) is 12.1 Å². The topological polar surface area (TPSA) is 49.8 Å². The van der Waals surface area contributed by atoms with Crippen LogP contribution in [-0.2, 0) is 17.8 Å². The Kier molecular flexibility index (Phi) is 6.98. The van der Waals surface area contributed by atoms with E-state index in [1.165, 1.54) is 12.1 Å². The standard InChI is InChI=1S/C22H25F2NO3/c23-20-9-8-16(12-21(20)24)6-7-17-4-2-10-25(13-17)14-18-3-1-5-19(11-18)28-15-22(26)27/h1,3,5,8-9,11-12,17H,2,4,6-7,10,13-15H2,(H,26,27)/t17-/m0/s1. The third-order valence-corrected chi connectivity index (χ3v) is 5.10. The van der Waals surface area contributed by atoms with Crippen molar-refractivity contribution < 1.29 is 23.4 Å². The van der Waals surface area contributed by atoms with E-state index in [2.05, 4.69) is 4.90 Å². The van der Waals surface area contributed by atoms with Crippen molar-refractivity contribution in [2.45, 2.75) is 32.2 Å². The molecular formula is C22H25F2NO3. The summed E-state index contributed by atoms with van der Waals surface area (Å²) >= 11 is 0. The van der Waals surface area contributed by atoms with Crippen LogP contribution in [0.3, 0.4) is 0 Å². The van der Waals surface area contributed by atoms with Crippen LogP contribution in [0.4, 0.5) is 8.78 Å². The normalized spacial score (nSPS) is 17.4. The number of carboxylic acids is 1. The van der Waals surface area contributed by atoms with Crippen LogP contribution in [0.2, 0.25) is 0 Å². The Morgan fingerprint density at radius 1 is 1.14 bits per heavy atom. The van der Waals surface area contributed by atoms with E-state index < -0.39 is 17.6 Å². The first kappa shape index (κ1) is 20.3. The fourth-order valence-corrected chi connectivity index (χ4v) is 3.73. The van der Waals surface area contributed by atoms with E-state index in [9.17, 15) is 13.6 Å². The molecule has 1 saturated heterocycles. The molecule has 1 atom stereocenters. The second kappa shape index (κ2) is 9.64. The number of aliphatic carboxylic acids is 1. The molecule has 6 heteroatoms. The van der Waals surface area contributed by atoms with Gasteiger partial charge in [-0.1, -0.05) is 18.2 Å². The zero-order chi connectivity index (χ0) is 19.9. The largest absolute Gasteiger partial charge is 0.482 e. The summed E-state index contributed by atoms with van der Waals surface area (Å²) in [7, 11) is 0. The number of carbonyl (C=O) groups is 1. The highest BCUT2D eigenvalue weighted by atomic mass is 19.2. The number of benzene rings is 2. The third kappa shape index (κ3) is 6.02. The molecule has 0 unspecified atom stereocenters. The number of nitrogens with zero attached hydrogens (tertiary/aromatic N) is 1. The summed E-state index contributed by atoms with van der Waals surface area (Å²) in [4.78, 5) is 13.0. The van der Waals surface area contributed by atoms with Crippen LogP contribution in [0.5, 0.6) is 5.75 Å². The van der Waals surface area contributed by atoms with Crippen LogP contribution in [0, 0.1) is 17.6 Å². The van der Waals surface area contributed by atoms with Gasteiger partial charge in [0, 0.05) is 13.1 Å². The molecule has 1 aliphatic heterocycles. The van der Waals surface area contributed by atoms with Gasteiger partial charge >= 0.3 is 5.97 Å². The van der Waals surface area contributed by atoms with E-state index >= 15 is 0 Å². The van der Waals surface area contributed by atoms with Crippen molar-refractivity contribution in [1.29, 1.82) is 0 Å². The number of rotatable bonds is 8. The fourth-order valence-electron chi connectivity index (χ4n) is 3.73. The minimum Gasteiger partial charge on any atom is -0.482 e. The van der Waals surface area contributed by atoms with Crippen LogP contribution in [0.1, 0.15) is 30.4 Å². The molecule has 1 fully saturated rings. The number of piperidine rings is 1. The highest BCUT2D eigenvalue weighted by Crippen LogP contribution is 2.24. The van der Waals surface area contributed by atoms with Crippen LogP contribution in [-0.4, -0.2) is 35.7 Å². The van der Waals surface area contributed by atoms with Crippen molar-refractivity contribution in [2.75, 3.05) is 19.7 Å². The molecule has 1 aliphatic rings. The highest BCUT2D eigenvalue weighted by molar-refractivity contribution is 5.68. The monoisotopic (exact) mass is 389 g/mol. The summed E-state index contributed by atoms with van der Waals surface area (Å²) in [5, 5.41) is 8.72. The molecule has 1 N–H and O–H groups in total. The molecule has 0 aromatic heterocycles. The van der Waals surface area contributed by atoms with Gasteiger partial charge in [-0.25, -0.2) is 13.6 Å². The van der Waals surface area contributed by atoms with Crippen molar-refractivity contribution in [3.05, 3.63) is 65.2 Å². The van der Waals surface area contributed by atoms with E-state index in [0.717, 1.165) is 56.4 Å².